The number of hydrogen-bond acceptors (Lipinski definition) is 2. The van der Waals surface area contributed by atoms with Crippen LogP contribution in [0.2, 0.25) is 0 Å². The van der Waals surface area contributed by atoms with E-state index in [1.807, 2.05) is 19.9 Å². The predicted molar refractivity (Wildman–Crippen MR) is 75.5 cm³/mol. The molecular weight excluding hydrogens is 313 g/mol. The molecule has 2 amide bonds. The van der Waals surface area contributed by atoms with Crippen LogP contribution in [-0.4, -0.2) is 29.4 Å². The molecule has 4 nitrogen and oxygen atoms in total. The van der Waals surface area contributed by atoms with Crippen molar-refractivity contribution in [1.29, 1.82) is 0 Å². The smallest absolute Gasteiger partial charge is 0.304 e. The van der Waals surface area contributed by atoms with Gasteiger partial charge in [-0.05, 0) is 19.9 Å². The molecule has 6 heteroatoms. The topological polar surface area (TPSA) is 44.7 Å². The first kappa shape index (κ1) is 12.6. The van der Waals surface area contributed by atoms with Crippen LogP contribution >= 0.6 is 15.9 Å². The van der Waals surface area contributed by atoms with Gasteiger partial charge in [0.1, 0.15) is 5.84 Å². The number of fused-ring (bicyclic) bond motifs is 3. The lowest BCUT2D eigenvalue weighted by Crippen LogP contribution is -2.43. The molecule has 0 radical (unpaired) electrons. The number of benzene rings is 1. The first-order chi connectivity index (χ1) is 8.99. The van der Waals surface area contributed by atoms with E-state index in [1.165, 1.54) is 0 Å². The number of nitrogens with zero attached hydrogens (tertiary/aromatic N) is 2. The third-order valence-corrected chi connectivity index (χ3v) is 3.86. The van der Waals surface area contributed by atoms with Gasteiger partial charge in [0.25, 0.3) is 0 Å². The summed E-state index contributed by atoms with van der Waals surface area (Å²) in [7, 11) is 0. The molecule has 2 heterocycles. The predicted octanol–water partition coefficient (Wildman–Crippen LogP) is 3.28. The first-order valence-corrected chi connectivity index (χ1v) is 7.03. The number of nitrogens with one attached hydrogen (secondary N) is 1. The lowest BCUT2D eigenvalue weighted by atomic mass is 10.0. The Bertz CT molecular complexity index is 600. The summed E-state index contributed by atoms with van der Waals surface area (Å²) in [6, 6.07) is 3.28. The fraction of sp³-hybridized carbons (Fsp3) is 0.385. The van der Waals surface area contributed by atoms with Crippen molar-refractivity contribution in [3.8, 4) is 0 Å². The molecule has 0 saturated carbocycles. The molecule has 2 aliphatic heterocycles. The molecule has 2 aliphatic rings. The monoisotopic (exact) mass is 325 g/mol. The van der Waals surface area contributed by atoms with E-state index in [1.54, 1.807) is 11.0 Å². The SMILES string of the molecule is CC(Br)c1ccc2c(c1F)NC(=O)N1C[C@@H](C)N=C21. The summed E-state index contributed by atoms with van der Waals surface area (Å²) in [6.45, 7) is 4.32. The minimum absolute atomic E-state index is 0.0459. The fourth-order valence-corrected chi connectivity index (χ4v) is 2.80. The van der Waals surface area contributed by atoms with Gasteiger partial charge in [0, 0.05) is 16.0 Å². The Hall–Kier alpha value is -1.43. The van der Waals surface area contributed by atoms with Crippen LogP contribution < -0.4 is 5.32 Å². The molecular formula is C13H13BrFN3O. The quantitative estimate of drug-likeness (QED) is 0.791. The second kappa shape index (κ2) is 4.30. The van der Waals surface area contributed by atoms with E-state index in [4.69, 9.17) is 0 Å². The number of carbonyl (C=O) groups is 1. The van der Waals surface area contributed by atoms with Crippen molar-refractivity contribution in [2.24, 2.45) is 4.99 Å². The van der Waals surface area contributed by atoms with Crippen LogP contribution in [0.1, 0.15) is 29.8 Å². The van der Waals surface area contributed by atoms with Crippen LogP contribution in [0.5, 0.6) is 0 Å². The zero-order valence-corrected chi connectivity index (χ0v) is 12.2. The van der Waals surface area contributed by atoms with Gasteiger partial charge in [-0.15, -0.1) is 0 Å². The highest BCUT2D eigenvalue weighted by Crippen LogP contribution is 2.35. The van der Waals surface area contributed by atoms with Crippen LogP contribution in [-0.2, 0) is 0 Å². The van der Waals surface area contributed by atoms with Gasteiger partial charge in [-0.2, -0.15) is 0 Å². The molecule has 1 N–H and O–H groups in total. The number of amides is 2. The van der Waals surface area contributed by atoms with Crippen molar-refractivity contribution in [3.63, 3.8) is 0 Å². The lowest BCUT2D eigenvalue weighted by molar-refractivity contribution is 0.234. The average molecular weight is 326 g/mol. The summed E-state index contributed by atoms with van der Waals surface area (Å²) in [5.74, 6) is 0.177. The van der Waals surface area contributed by atoms with Gasteiger partial charge in [0.05, 0.1) is 18.3 Å². The Kier molecular flexibility index (Phi) is 2.85. The highest BCUT2D eigenvalue weighted by molar-refractivity contribution is 9.09. The van der Waals surface area contributed by atoms with Crippen molar-refractivity contribution >= 4 is 33.5 Å². The molecule has 0 saturated heterocycles. The van der Waals surface area contributed by atoms with Crippen molar-refractivity contribution in [1.82, 2.24) is 4.90 Å². The van der Waals surface area contributed by atoms with Crippen LogP contribution in [0.15, 0.2) is 17.1 Å². The highest BCUT2D eigenvalue weighted by atomic mass is 79.9. The third kappa shape index (κ3) is 1.85. The lowest BCUT2D eigenvalue weighted by Gasteiger charge is -2.27. The van der Waals surface area contributed by atoms with Gasteiger partial charge >= 0.3 is 6.03 Å². The molecule has 19 heavy (non-hydrogen) atoms. The Labute approximate surface area is 118 Å². The number of urea groups is 1. The molecule has 1 aromatic carbocycles. The largest absolute Gasteiger partial charge is 0.327 e. The maximum absolute atomic E-state index is 14.4. The van der Waals surface area contributed by atoms with Crippen molar-refractivity contribution < 1.29 is 9.18 Å². The number of aliphatic imine (C=N–C) groups is 1. The van der Waals surface area contributed by atoms with Gasteiger partial charge in [0.2, 0.25) is 0 Å². The Balaban J connectivity index is 2.18. The van der Waals surface area contributed by atoms with Crippen molar-refractivity contribution in [3.05, 3.63) is 29.1 Å². The first-order valence-electron chi connectivity index (χ1n) is 6.12. The van der Waals surface area contributed by atoms with E-state index in [9.17, 15) is 9.18 Å². The van der Waals surface area contributed by atoms with Gasteiger partial charge in [0.15, 0.2) is 5.82 Å². The summed E-state index contributed by atoms with van der Waals surface area (Å²) >= 11 is 3.35. The highest BCUT2D eigenvalue weighted by Gasteiger charge is 2.36. The molecule has 2 atom stereocenters. The third-order valence-electron chi connectivity index (χ3n) is 3.36. The Morgan fingerprint density at radius 2 is 2.32 bits per heavy atom. The van der Waals surface area contributed by atoms with Crippen LogP contribution in [0, 0.1) is 5.82 Å². The number of carbonyl (C=O) groups excluding carboxylic acids is 1. The number of amidine groups is 1. The Morgan fingerprint density at radius 3 is 3.00 bits per heavy atom. The van der Waals surface area contributed by atoms with E-state index in [2.05, 4.69) is 26.2 Å². The summed E-state index contributed by atoms with van der Waals surface area (Å²) in [5.41, 5.74) is 1.41. The van der Waals surface area contributed by atoms with E-state index in [0.29, 0.717) is 23.5 Å². The van der Waals surface area contributed by atoms with Gasteiger partial charge < -0.3 is 5.32 Å². The molecule has 0 bridgehead atoms. The molecule has 100 valence electrons. The minimum atomic E-state index is -0.392. The molecule has 3 rings (SSSR count). The molecule has 0 fully saturated rings. The number of alkyl halides is 1. The maximum atomic E-state index is 14.4. The second-order valence-electron chi connectivity index (χ2n) is 4.85. The molecule has 0 aliphatic carbocycles. The molecule has 0 aromatic heterocycles. The number of halogens is 2. The van der Waals surface area contributed by atoms with E-state index in [-0.39, 0.29) is 22.6 Å². The zero-order valence-electron chi connectivity index (χ0n) is 10.6. The molecule has 0 spiro atoms. The van der Waals surface area contributed by atoms with E-state index >= 15 is 0 Å². The van der Waals surface area contributed by atoms with Crippen LogP contribution in [0.3, 0.4) is 0 Å². The summed E-state index contributed by atoms with van der Waals surface area (Å²) in [4.78, 5) is 17.8. The minimum Gasteiger partial charge on any atom is -0.304 e. The van der Waals surface area contributed by atoms with E-state index < -0.39 is 5.82 Å². The number of anilines is 1. The maximum Gasteiger partial charge on any atom is 0.327 e. The number of hydrogen-bond donors (Lipinski definition) is 1. The average Bonchev–Trinajstić information content (AvgIpc) is 2.73. The van der Waals surface area contributed by atoms with Crippen LogP contribution in [0.4, 0.5) is 14.9 Å². The molecule has 1 unspecified atom stereocenters. The number of rotatable bonds is 1. The molecule has 1 aromatic rings. The standard InChI is InChI=1S/C13H13BrFN3O/c1-6-5-18-12(16-6)9-4-3-8(7(2)14)10(15)11(9)17-13(18)19/h3-4,6-7H,5H2,1-2H3,(H,17,19)/t6-,7?/m1/s1. The van der Waals surface area contributed by atoms with E-state index in [0.717, 1.165) is 0 Å². The zero-order chi connectivity index (χ0) is 13.7. The summed E-state index contributed by atoms with van der Waals surface area (Å²) in [5, 5.41) is 2.63. The normalized spacial score (nSPS) is 22.5. The van der Waals surface area contributed by atoms with Gasteiger partial charge in [-0.3, -0.25) is 9.89 Å². The van der Waals surface area contributed by atoms with Crippen molar-refractivity contribution in [2.45, 2.75) is 24.7 Å². The Morgan fingerprint density at radius 1 is 1.58 bits per heavy atom. The van der Waals surface area contributed by atoms with Gasteiger partial charge in [-0.25, -0.2) is 9.18 Å². The second-order valence-corrected chi connectivity index (χ2v) is 6.22. The van der Waals surface area contributed by atoms with Crippen LogP contribution in [0.25, 0.3) is 0 Å². The summed E-state index contributed by atoms with van der Waals surface area (Å²) < 4.78 is 14.4. The van der Waals surface area contributed by atoms with Gasteiger partial charge in [-0.1, -0.05) is 22.0 Å². The fourth-order valence-electron chi connectivity index (χ4n) is 2.45. The summed E-state index contributed by atoms with van der Waals surface area (Å²) in [6.07, 6.45) is 0. The van der Waals surface area contributed by atoms with Crippen molar-refractivity contribution in [2.75, 3.05) is 11.9 Å².